The lowest BCUT2D eigenvalue weighted by Gasteiger charge is -1.97. The first-order chi connectivity index (χ1) is 8.83. The molecular weight excluding hydrogens is 226 g/mol. The molecule has 0 atom stereocenters. The molecule has 0 unspecified atom stereocenters. The van der Waals surface area contributed by atoms with E-state index in [0.717, 1.165) is 11.3 Å². The Morgan fingerprint density at radius 1 is 0.944 bits per heavy atom. The summed E-state index contributed by atoms with van der Waals surface area (Å²) >= 11 is 0. The fourth-order valence-electron chi connectivity index (χ4n) is 1.68. The van der Waals surface area contributed by atoms with Crippen LogP contribution in [-0.4, -0.2) is 20.2 Å². The third-order valence-corrected chi connectivity index (χ3v) is 2.55. The monoisotopic (exact) mass is 237 g/mol. The van der Waals surface area contributed by atoms with E-state index in [2.05, 4.69) is 15.4 Å². The van der Waals surface area contributed by atoms with Gasteiger partial charge in [0.05, 0.1) is 5.69 Å². The number of aromatic nitrogens is 4. The van der Waals surface area contributed by atoms with Gasteiger partial charge in [-0.1, -0.05) is 30.3 Å². The number of para-hydroxylation sites is 1. The maximum Gasteiger partial charge on any atom is 0.205 e. The van der Waals surface area contributed by atoms with Crippen LogP contribution in [0, 0.1) is 0 Å². The average molecular weight is 237 g/mol. The molecule has 18 heavy (non-hydrogen) atoms. The summed E-state index contributed by atoms with van der Waals surface area (Å²) in [6.45, 7) is 0. The molecule has 0 fully saturated rings. The van der Waals surface area contributed by atoms with Crippen molar-refractivity contribution < 1.29 is 0 Å². The van der Waals surface area contributed by atoms with Gasteiger partial charge in [-0.25, -0.2) is 0 Å². The molecule has 0 aliphatic heterocycles. The number of hydrogen-bond donors (Lipinski definition) is 1. The maximum absolute atomic E-state index is 5.73. The number of hydrogen-bond acceptors (Lipinski definition) is 4. The summed E-state index contributed by atoms with van der Waals surface area (Å²) in [7, 11) is 0. The molecule has 0 bridgehead atoms. The van der Waals surface area contributed by atoms with Crippen LogP contribution in [0.2, 0.25) is 0 Å². The van der Waals surface area contributed by atoms with Crippen LogP contribution in [0.1, 0.15) is 0 Å². The van der Waals surface area contributed by atoms with Crippen molar-refractivity contribution in [3.63, 3.8) is 0 Å². The van der Waals surface area contributed by atoms with Crippen LogP contribution in [0.15, 0.2) is 54.6 Å². The standard InChI is InChI=1S/C13H11N5/c14-11-6-4-5-10(9-11)13-15-17-18(16-13)12-7-2-1-3-8-12/h1-9H,14H2. The first kappa shape index (κ1) is 10.5. The van der Waals surface area contributed by atoms with Gasteiger partial charge in [0.25, 0.3) is 0 Å². The van der Waals surface area contributed by atoms with E-state index in [1.165, 1.54) is 4.80 Å². The predicted molar refractivity (Wildman–Crippen MR) is 69.0 cm³/mol. The van der Waals surface area contributed by atoms with E-state index in [0.29, 0.717) is 11.5 Å². The zero-order valence-corrected chi connectivity index (χ0v) is 9.56. The summed E-state index contributed by atoms with van der Waals surface area (Å²) in [6.07, 6.45) is 0. The highest BCUT2D eigenvalue weighted by molar-refractivity contribution is 5.60. The third-order valence-electron chi connectivity index (χ3n) is 2.55. The Morgan fingerprint density at radius 3 is 2.56 bits per heavy atom. The van der Waals surface area contributed by atoms with E-state index < -0.39 is 0 Å². The molecule has 2 aromatic carbocycles. The van der Waals surface area contributed by atoms with Crippen molar-refractivity contribution in [2.24, 2.45) is 0 Å². The van der Waals surface area contributed by atoms with Gasteiger partial charge in [-0.2, -0.15) is 0 Å². The Kier molecular flexibility index (Phi) is 2.49. The molecule has 5 heteroatoms. The molecule has 0 saturated carbocycles. The van der Waals surface area contributed by atoms with E-state index in [9.17, 15) is 0 Å². The number of tetrazole rings is 1. The van der Waals surface area contributed by atoms with Gasteiger partial charge < -0.3 is 5.73 Å². The molecule has 1 heterocycles. The van der Waals surface area contributed by atoms with E-state index in [4.69, 9.17) is 5.73 Å². The highest BCUT2D eigenvalue weighted by Gasteiger charge is 2.06. The number of anilines is 1. The SMILES string of the molecule is Nc1cccc(-c2nnn(-c3ccccc3)n2)c1. The van der Waals surface area contributed by atoms with E-state index in [1.807, 2.05) is 54.6 Å². The average Bonchev–Trinajstić information content (AvgIpc) is 2.89. The predicted octanol–water partition coefficient (Wildman–Crippen LogP) is 1.91. The minimum atomic E-state index is 0.561. The van der Waals surface area contributed by atoms with Gasteiger partial charge in [-0.3, -0.25) is 0 Å². The Labute approximate surface area is 104 Å². The van der Waals surface area contributed by atoms with Crippen molar-refractivity contribution in [2.75, 3.05) is 5.73 Å². The van der Waals surface area contributed by atoms with Gasteiger partial charge in [0.1, 0.15) is 0 Å². The molecular formula is C13H11N5. The number of rotatable bonds is 2. The summed E-state index contributed by atoms with van der Waals surface area (Å²) in [5.41, 5.74) is 8.15. The van der Waals surface area contributed by atoms with Crippen molar-refractivity contribution in [1.82, 2.24) is 20.2 Å². The zero-order chi connectivity index (χ0) is 12.4. The van der Waals surface area contributed by atoms with Crippen LogP contribution in [0.4, 0.5) is 5.69 Å². The lowest BCUT2D eigenvalue weighted by molar-refractivity contribution is 0.720. The van der Waals surface area contributed by atoms with Crippen molar-refractivity contribution in [3.8, 4) is 17.1 Å². The summed E-state index contributed by atoms with van der Waals surface area (Å²) in [4.78, 5) is 1.50. The highest BCUT2D eigenvalue weighted by atomic mass is 15.6. The van der Waals surface area contributed by atoms with Crippen LogP contribution < -0.4 is 5.73 Å². The fourth-order valence-corrected chi connectivity index (χ4v) is 1.68. The van der Waals surface area contributed by atoms with Crippen molar-refractivity contribution in [1.29, 1.82) is 0 Å². The molecule has 0 saturated heterocycles. The Bertz CT molecular complexity index is 660. The van der Waals surface area contributed by atoms with Crippen molar-refractivity contribution >= 4 is 5.69 Å². The van der Waals surface area contributed by atoms with E-state index >= 15 is 0 Å². The zero-order valence-electron chi connectivity index (χ0n) is 9.56. The summed E-state index contributed by atoms with van der Waals surface area (Å²) in [5.74, 6) is 0.561. The second kappa shape index (κ2) is 4.29. The van der Waals surface area contributed by atoms with Gasteiger partial charge in [0.15, 0.2) is 0 Å². The smallest absolute Gasteiger partial charge is 0.205 e. The maximum atomic E-state index is 5.73. The molecule has 0 aliphatic rings. The molecule has 3 aromatic rings. The van der Waals surface area contributed by atoms with Crippen molar-refractivity contribution in [2.45, 2.75) is 0 Å². The molecule has 3 rings (SSSR count). The molecule has 0 aliphatic carbocycles. The van der Waals surface area contributed by atoms with Crippen LogP contribution >= 0.6 is 0 Å². The van der Waals surface area contributed by atoms with Crippen LogP contribution in [0.3, 0.4) is 0 Å². The Morgan fingerprint density at radius 2 is 1.78 bits per heavy atom. The van der Waals surface area contributed by atoms with E-state index in [-0.39, 0.29) is 0 Å². The Hall–Kier alpha value is -2.69. The van der Waals surface area contributed by atoms with Gasteiger partial charge in [-0.15, -0.1) is 15.0 Å². The van der Waals surface area contributed by atoms with Crippen LogP contribution in [0.5, 0.6) is 0 Å². The van der Waals surface area contributed by atoms with Gasteiger partial charge in [0, 0.05) is 11.3 Å². The first-order valence-electron chi connectivity index (χ1n) is 5.54. The molecule has 0 spiro atoms. The van der Waals surface area contributed by atoms with Crippen molar-refractivity contribution in [3.05, 3.63) is 54.6 Å². The Balaban J connectivity index is 2.00. The minimum absolute atomic E-state index is 0.561. The molecule has 88 valence electrons. The molecule has 1 aromatic heterocycles. The lowest BCUT2D eigenvalue weighted by atomic mass is 10.2. The number of nitrogens with zero attached hydrogens (tertiary/aromatic N) is 4. The van der Waals surface area contributed by atoms with Crippen LogP contribution in [-0.2, 0) is 0 Å². The van der Waals surface area contributed by atoms with Gasteiger partial charge in [0.2, 0.25) is 5.82 Å². The third kappa shape index (κ3) is 1.93. The number of nitrogen functional groups attached to an aromatic ring is 1. The van der Waals surface area contributed by atoms with E-state index in [1.54, 1.807) is 0 Å². The summed E-state index contributed by atoms with van der Waals surface area (Å²) < 4.78 is 0. The lowest BCUT2D eigenvalue weighted by Crippen LogP contribution is -1.98. The second-order valence-corrected chi connectivity index (χ2v) is 3.86. The topological polar surface area (TPSA) is 69.6 Å². The number of nitrogens with two attached hydrogens (primary N) is 1. The highest BCUT2D eigenvalue weighted by Crippen LogP contribution is 2.17. The normalized spacial score (nSPS) is 10.4. The quantitative estimate of drug-likeness (QED) is 0.691. The minimum Gasteiger partial charge on any atom is -0.399 e. The van der Waals surface area contributed by atoms with Crippen LogP contribution in [0.25, 0.3) is 17.1 Å². The number of benzene rings is 2. The first-order valence-corrected chi connectivity index (χ1v) is 5.54. The fraction of sp³-hybridized carbons (Fsp3) is 0. The second-order valence-electron chi connectivity index (χ2n) is 3.86. The van der Waals surface area contributed by atoms with Gasteiger partial charge >= 0.3 is 0 Å². The summed E-state index contributed by atoms with van der Waals surface area (Å²) in [5, 5.41) is 12.4. The van der Waals surface area contributed by atoms with Gasteiger partial charge in [-0.05, 0) is 29.5 Å². The molecule has 5 nitrogen and oxygen atoms in total. The molecule has 0 radical (unpaired) electrons. The molecule has 0 amide bonds. The largest absolute Gasteiger partial charge is 0.399 e. The molecule has 2 N–H and O–H groups in total. The summed E-state index contributed by atoms with van der Waals surface area (Å²) in [6, 6.07) is 17.1.